The van der Waals surface area contributed by atoms with E-state index in [0.29, 0.717) is 5.82 Å². The van der Waals surface area contributed by atoms with Crippen molar-refractivity contribution < 1.29 is 0 Å². The number of likely N-dealkylation sites (N-methyl/N-ethyl adjacent to an activating group) is 1. The Morgan fingerprint density at radius 3 is 2.38 bits per heavy atom. The van der Waals surface area contributed by atoms with Crippen LogP contribution in [0.3, 0.4) is 0 Å². The Balaban J connectivity index is 2.27. The van der Waals surface area contributed by atoms with Gasteiger partial charge in [-0.3, -0.25) is 0 Å². The lowest BCUT2D eigenvalue weighted by molar-refractivity contribution is 0.306. The van der Waals surface area contributed by atoms with Gasteiger partial charge in [0.25, 0.3) is 0 Å². The van der Waals surface area contributed by atoms with E-state index in [1.165, 1.54) is 0 Å². The summed E-state index contributed by atoms with van der Waals surface area (Å²) in [6.07, 6.45) is 0.822. The molecule has 0 spiro atoms. The molecule has 4 nitrogen and oxygen atoms in total. The van der Waals surface area contributed by atoms with Gasteiger partial charge in [0.2, 0.25) is 0 Å². The van der Waals surface area contributed by atoms with Crippen LogP contribution in [0, 0.1) is 3.57 Å². The minimum atomic E-state index is 0.569. The summed E-state index contributed by atoms with van der Waals surface area (Å²) < 4.78 is 0.922. The fraction of sp³-hybridized carbons (Fsp3) is 0.375. The van der Waals surface area contributed by atoms with Gasteiger partial charge in [-0.1, -0.05) is 44.2 Å². The summed E-state index contributed by atoms with van der Waals surface area (Å²) in [5.74, 6) is 1.39. The highest BCUT2D eigenvalue weighted by atomic mass is 127. The van der Waals surface area contributed by atoms with Gasteiger partial charge in [0.05, 0.1) is 9.26 Å². The number of halogens is 1. The highest BCUT2D eigenvalue weighted by Gasteiger charge is 2.12. The molecule has 0 radical (unpaired) electrons. The van der Waals surface area contributed by atoms with E-state index in [-0.39, 0.29) is 0 Å². The van der Waals surface area contributed by atoms with E-state index in [4.69, 9.17) is 10.7 Å². The van der Waals surface area contributed by atoms with Crippen molar-refractivity contribution in [3.8, 4) is 11.3 Å². The zero-order valence-corrected chi connectivity index (χ0v) is 14.7. The Morgan fingerprint density at radius 2 is 1.76 bits per heavy atom. The van der Waals surface area contributed by atoms with E-state index in [1.54, 1.807) is 0 Å². The predicted molar refractivity (Wildman–Crippen MR) is 96.1 cm³/mol. The molecule has 2 N–H and O–H groups in total. The van der Waals surface area contributed by atoms with Crippen molar-refractivity contribution in [2.24, 2.45) is 0 Å². The van der Waals surface area contributed by atoms with E-state index in [2.05, 4.69) is 58.5 Å². The Kier molecular flexibility index (Phi) is 5.93. The molecule has 2 rings (SSSR count). The standard InChI is InChI=1S/C16H21IN4/c1-3-21(4-2)11-10-13-19-15(14(17)16(18)20-13)12-8-6-5-7-9-12/h5-9H,3-4,10-11H2,1-2H3,(H2,18,19,20). The third-order valence-electron chi connectivity index (χ3n) is 3.52. The first-order valence-corrected chi connectivity index (χ1v) is 8.33. The first kappa shape index (κ1) is 16.2. The molecule has 0 fully saturated rings. The molecule has 0 atom stereocenters. The molecular weight excluding hydrogens is 375 g/mol. The van der Waals surface area contributed by atoms with Crippen molar-refractivity contribution in [1.29, 1.82) is 0 Å². The zero-order valence-electron chi connectivity index (χ0n) is 12.5. The molecule has 0 aliphatic carbocycles. The van der Waals surface area contributed by atoms with E-state index in [0.717, 1.165) is 46.7 Å². The van der Waals surface area contributed by atoms with Crippen LogP contribution in [0.15, 0.2) is 30.3 Å². The number of nitrogen functional groups attached to an aromatic ring is 1. The zero-order chi connectivity index (χ0) is 15.2. The van der Waals surface area contributed by atoms with Gasteiger partial charge in [-0.15, -0.1) is 0 Å². The van der Waals surface area contributed by atoms with Crippen molar-refractivity contribution in [2.45, 2.75) is 20.3 Å². The highest BCUT2D eigenvalue weighted by molar-refractivity contribution is 14.1. The number of anilines is 1. The molecule has 1 aromatic carbocycles. The average Bonchev–Trinajstić information content (AvgIpc) is 2.52. The molecule has 5 heteroatoms. The van der Waals surface area contributed by atoms with E-state index < -0.39 is 0 Å². The second kappa shape index (κ2) is 7.70. The lowest BCUT2D eigenvalue weighted by Gasteiger charge is -2.17. The van der Waals surface area contributed by atoms with Gasteiger partial charge in [-0.2, -0.15) is 0 Å². The second-order valence-corrected chi connectivity index (χ2v) is 5.91. The van der Waals surface area contributed by atoms with Gasteiger partial charge in [0.1, 0.15) is 11.6 Å². The molecule has 112 valence electrons. The lowest BCUT2D eigenvalue weighted by atomic mass is 10.1. The molecule has 1 aromatic heterocycles. The van der Waals surface area contributed by atoms with Gasteiger partial charge in [0.15, 0.2) is 0 Å². The van der Waals surface area contributed by atoms with Gasteiger partial charge >= 0.3 is 0 Å². The van der Waals surface area contributed by atoms with Gasteiger partial charge in [0, 0.05) is 18.5 Å². The summed E-state index contributed by atoms with van der Waals surface area (Å²) in [7, 11) is 0. The minimum Gasteiger partial charge on any atom is -0.383 e. The summed E-state index contributed by atoms with van der Waals surface area (Å²) in [5, 5.41) is 0. The first-order valence-electron chi connectivity index (χ1n) is 7.25. The summed E-state index contributed by atoms with van der Waals surface area (Å²) in [6, 6.07) is 10.1. The SMILES string of the molecule is CCN(CC)CCc1nc(N)c(I)c(-c2ccccc2)n1. The van der Waals surface area contributed by atoms with Crippen LogP contribution in [-0.2, 0) is 6.42 Å². The number of aromatic nitrogens is 2. The Morgan fingerprint density at radius 1 is 1.10 bits per heavy atom. The van der Waals surface area contributed by atoms with Crippen molar-refractivity contribution in [2.75, 3.05) is 25.4 Å². The molecule has 0 bridgehead atoms. The number of hydrogen-bond acceptors (Lipinski definition) is 4. The van der Waals surface area contributed by atoms with Gasteiger partial charge < -0.3 is 10.6 Å². The smallest absolute Gasteiger partial charge is 0.141 e. The van der Waals surface area contributed by atoms with Crippen molar-refractivity contribution in [1.82, 2.24) is 14.9 Å². The summed E-state index contributed by atoms with van der Waals surface area (Å²) >= 11 is 2.22. The molecule has 0 aliphatic rings. The van der Waals surface area contributed by atoms with E-state index in [9.17, 15) is 0 Å². The molecule has 2 aromatic rings. The maximum atomic E-state index is 6.06. The van der Waals surface area contributed by atoms with Gasteiger partial charge in [-0.25, -0.2) is 9.97 Å². The predicted octanol–water partition coefficient (Wildman–Crippen LogP) is 3.21. The van der Waals surface area contributed by atoms with Crippen LogP contribution in [0.25, 0.3) is 11.3 Å². The number of nitrogens with zero attached hydrogens (tertiary/aromatic N) is 3. The third-order valence-corrected chi connectivity index (χ3v) is 4.58. The van der Waals surface area contributed by atoms with Crippen LogP contribution in [0.2, 0.25) is 0 Å². The molecule has 0 aliphatic heterocycles. The van der Waals surface area contributed by atoms with Crippen LogP contribution in [0.1, 0.15) is 19.7 Å². The highest BCUT2D eigenvalue weighted by Crippen LogP contribution is 2.26. The lowest BCUT2D eigenvalue weighted by Crippen LogP contribution is -2.26. The first-order chi connectivity index (χ1) is 10.2. The molecule has 21 heavy (non-hydrogen) atoms. The normalized spacial score (nSPS) is 11.0. The molecule has 0 saturated carbocycles. The average molecular weight is 396 g/mol. The topological polar surface area (TPSA) is 55.0 Å². The molecular formula is C16H21IN4. The van der Waals surface area contributed by atoms with Crippen molar-refractivity contribution in [3.05, 3.63) is 39.7 Å². The quantitative estimate of drug-likeness (QED) is 0.762. The maximum absolute atomic E-state index is 6.06. The second-order valence-electron chi connectivity index (χ2n) is 4.83. The van der Waals surface area contributed by atoms with Crippen molar-refractivity contribution >= 4 is 28.4 Å². The van der Waals surface area contributed by atoms with Crippen LogP contribution in [0.5, 0.6) is 0 Å². The fourth-order valence-corrected chi connectivity index (χ4v) is 2.76. The van der Waals surface area contributed by atoms with Crippen LogP contribution < -0.4 is 5.73 Å². The molecule has 1 heterocycles. The van der Waals surface area contributed by atoms with Gasteiger partial charge in [-0.05, 0) is 35.7 Å². The van der Waals surface area contributed by atoms with E-state index in [1.807, 2.05) is 18.2 Å². The van der Waals surface area contributed by atoms with Crippen molar-refractivity contribution in [3.63, 3.8) is 0 Å². The van der Waals surface area contributed by atoms with Crippen LogP contribution in [0.4, 0.5) is 5.82 Å². The number of benzene rings is 1. The minimum absolute atomic E-state index is 0.569. The summed E-state index contributed by atoms with van der Waals surface area (Å²) in [5.41, 5.74) is 8.07. The largest absolute Gasteiger partial charge is 0.383 e. The summed E-state index contributed by atoms with van der Waals surface area (Å²) in [6.45, 7) is 7.38. The Hall–Kier alpha value is -1.21. The maximum Gasteiger partial charge on any atom is 0.141 e. The molecule has 0 amide bonds. The monoisotopic (exact) mass is 396 g/mol. The Labute approximate surface area is 139 Å². The van der Waals surface area contributed by atoms with E-state index >= 15 is 0 Å². The number of hydrogen-bond donors (Lipinski definition) is 1. The van der Waals surface area contributed by atoms with Crippen LogP contribution >= 0.6 is 22.6 Å². The number of rotatable bonds is 6. The number of nitrogens with two attached hydrogens (primary N) is 1. The molecule has 0 unspecified atom stereocenters. The van der Waals surface area contributed by atoms with Crippen LogP contribution in [-0.4, -0.2) is 34.5 Å². The molecule has 0 saturated heterocycles. The Bertz CT molecular complexity index is 582. The third kappa shape index (κ3) is 4.14. The summed E-state index contributed by atoms with van der Waals surface area (Å²) in [4.78, 5) is 11.5. The fourth-order valence-electron chi connectivity index (χ4n) is 2.21.